The number of thioether (sulfide) groups is 1. The molecule has 3 N–H and O–H groups in total. The lowest BCUT2D eigenvalue weighted by Crippen LogP contribution is -2.51. The van der Waals surface area contributed by atoms with E-state index in [0.29, 0.717) is 17.8 Å². The quantitative estimate of drug-likeness (QED) is 0.839. The molecule has 2 unspecified atom stereocenters. The maximum absolute atomic E-state index is 12.7. The molecule has 4 heteroatoms. The second-order valence-electron chi connectivity index (χ2n) is 6.86. The van der Waals surface area contributed by atoms with Crippen LogP contribution in [0.4, 0.5) is 0 Å². The standard InChI is InChI=1S/C16H30N2OS/c1-12-6-8-16(11-17,9-7-12)15(19)18-13-4-3-5-14(10-13)20-2/h12-14H,3-11,17H2,1-2H3,(H,18,19). The molecule has 0 saturated heterocycles. The van der Waals surface area contributed by atoms with E-state index in [2.05, 4.69) is 18.5 Å². The lowest BCUT2D eigenvalue weighted by Gasteiger charge is -2.39. The first kappa shape index (κ1) is 16.2. The molecular formula is C16H30N2OS. The summed E-state index contributed by atoms with van der Waals surface area (Å²) in [7, 11) is 0. The fraction of sp³-hybridized carbons (Fsp3) is 0.938. The molecule has 0 heterocycles. The topological polar surface area (TPSA) is 55.1 Å². The molecule has 0 aromatic rings. The van der Waals surface area contributed by atoms with Gasteiger partial charge in [0.05, 0.1) is 5.41 Å². The zero-order valence-electron chi connectivity index (χ0n) is 13.0. The molecule has 2 atom stereocenters. The molecule has 2 saturated carbocycles. The van der Waals surface area contributed by atoms with Crippen molar-refractivity contribution in [3.8, 4) is 0 Å². The molecule has 2 aliphatic carbocycles. The third-order valence-corrected chi connectivity index (χ3v) is 6.49. The van der Waals surface area contributed by atoms with Crippen molar-refractivity contribution in [2.45, 2.75) is 69.6 Å². The Hall–Kier alpha value is -0.220. The minimum Gasteiger partial charge on any atom is -0.353 e. The monoisotopic (exact) mass is 298 g/mol. The first-order valence-electron chi connectivity index (χ1n) is 8.13. The van der Waals surface area contributed by atoms with Crippen LogP contribution >= 0.6 is 11.8 Å². The SMILES string of the molecule is CSC1CCCC(NC(=O)C2(CN)CCC(C)CC2)C1. The van der Waals surface area contributed by atoms with Crippen LogP contribution in [0.5, 0.6) is 0 Å². The first-order chi connectivity index (χ1) is 9.59. The molecule has 0 bridgehead atoms. The highest BCUT2D eigenvalue weighted by atomic mass is 32.2. The van der Waals surface area contributed by atoms with Crippen LogP contribution in [0, 0.1) is 11.3 Å². The zero-order valence-corrected chi connectivity index (χ0v) is 13.8. The van der Waals surface area contributed by atoms with Gasteiger partial charge in [-0.15, -0.1) is 0 Å². The molecule has 1 amide bonds. The average Bonchev–Trinajstić information content (AvgIpc) is 2.48. The van der Waals surface area contributed by atoms with Crippen LogP contribution in [0.2, 0.25) is 0 Å². The van der Waals surface area contributed by atoms with Crippen molar-refractivity contribution in [1.29, 1.82) is 0 Å². The molecule has 2 rings (SSSR count). The van der Waals surface area contributed by atoms with E-state index >= 15 is 0 Å². The summed E-state index contributed by atoms with van der Waals surface area (Å²) >= 11 is 1.94. The summed E-state index contributed by atoms with van der Waals surface area (Å²) in [6.45, 7) is 2.78. The fourth-order valence-corrected chi connectivity index (χ4v) is 4.49. The van der Waals surface area contributed by atoms with E-state index in [9.17, 15) is 4.79 Å². The minimum absolute atomic E-state index is 0.235. The maximum atomic E-state index is 12.7. The highest BCUT2D eigenvalue weighted by Gasteiger charge is 2.40. The smallest absolute Gasteiger partial charge is 0.227 e. The van der Waals surface area contributed by atoms with Gasteiger partial charge in [-0.3, -0.25) is 4.79 Å². The Morgan fingerprint density at radius 1 is 1.30 bits per heavy atom. The van der Waals surface area contributed by atoms with E-state index in [4.69, 9.17) is 5.73 Å². The molecule has 3 nitrogen and oxygen atoms in total. The average molecular weight is 298 g/mol. The van der Waals surface area contributed by atoms with Crippen LogP contribution in [-0.2, 0) is 4.79 Å². The third-order valence-electron chi connectivity index (χ3n) is 5.40. The summed E-state index contributed by atoms with van der Waals surface area (Å²) in [4.78, 5) is 12.7. The maximum Gasteiger partial charge on any atom is 0.227 e. The van der Waals surface area contributed by atoms with E-state index in [-0.39, 0.29) is 11.3 Å². The largest absolute Gasteiger partial charge is 0.353 e. The van der Waals surface area contributed by atoms with Crippen LogP contribution in [0.1, 0.15) is 58.3 Å². The van der Waals surface area contributed by atoms with Crippen LogP contribution in [0.3, 0.4) is 0 Å². The van der Waals surface area contributed by atoms with Crippen molar-refractivity contribution in [2.75, 3.05) is 12.8 Å². The molecule has 0 spiro atoms. The van der Waals surface area contributed by atoms with Crippen molar-refractivity contribution in [3.05, 3.63) is 0 Å². The van der Waals surface area contributed by atoms with E-state index in [0.717, 1.165) is 44.4 Å². The van der Waals surface area contributed by atoms with Gasteiger partial charge in [0, 0.05) is 17.8 Å². The second kappa shape index (κ2) is 7.17. The van der Waals surface area contributed by atoms with Gasteiger partial charge >= 0.3 is 0 Å². The van der Waals surface area contributed by atoms with Crippen LogP contribution in [0.25, 0.3) is 0 Å². The van der Waals surface area contributed by atoms with Crippen molar-refractivity contribution >= 4 is 17.7 Å². The van der Waals surface area contributed by atoms with E-state index in [1.165, 1.54) is 12.8 Å². The predicted octanol–water partition coefficient (Wildman–Crippen LogP) is 2.93. The fourth-order valence-electron chi connectivity index (χ4n) is 3.67. The number of hydrogen-bond donors (Lipinski definition) is 2. The van der Waals surface area contributed by atoms with Gasteiger partial charge in [0.2, 0.25) is 5.91 Å². The third kappa shape index (κ3) is 3.70. The Morgan fingerprint density at radius 3 is 2.60 bits per heavy atom. The van der Waals surface area contributed by atoms with Crippen LogP contribution in [0.15, 0.2) is 0 Å². The normalized spacial score (nSPS) is 38.5. The van der Waals surface area contributed by atoms with Crippen molar-refractivity contribution in [2.24, 2.45) is 17.1 Å². The molecule has 0 aromatic heterocycles. The number of carbonyl (C=O) groups excluding carboxylic acids is 1. The summed E-state index contributed by atoms with van der Waals surface area (Å²) < 4.78 is 0. The van der Waals surface area contributed by atoms with Crippen molar-refractivity contribution in [3.63, 3.8) is 0 Å². The molecular weight excluding hydrogens is 268 g/mol. The summed E-state index contributed by atoms with van der Waals surface area (Å²) in [5, 5.41) is 4.04. The lowest BCUT2D eigenvalue weighted by atomic mass is 9.70. The Kier molecular flexibility index (Phi) is 5.79. The van der Waals surface area contributed by atoms with Gasteiger partial charge < -0.3 is 11.1 Å². The van der Waals surface area contributed by atoms with E-state index < -0.39 is 0 Å². The number of rotatable bonds is 4. The Morgan fingerprint density at radius 2 is 2.00 bits per heavy atom. The highest BCUT2D eigenvalue weighted by molar-refractivity contribution is 7.99. The number of nitrogens with one attached hydrogen (secondary N) is 1. The summed E-state index contributed by atoms with van der Waals surface area (Å²) in [6.07, 6.45) is 11.2. The Balaban J connectivity index is 1.92. The van der Waals surface area contributed by atoms with Gasteiger partial charge in [-0.05, 0) is 57.1 Å². The molecule has 2 aliphatic rings. The Labute approximate surface area is 127 Å². The molecule has 0 aliphatic heterocycles. The summed E-state index contributed by atoms with van der Waals surface area (Å²) in [5.74, 6) is 0.983. The van der Waals surface area contributed by atoms with E-state index in [1.54, 1.807) is 0 Å². The van der Waals surface area contributed by atoms with Gasteiger partial charge in [-0.1, -0.05) is 13.3 Å². The van der Waals surface area contributed by atoms with Crippen molar-refractivity contribution < 1.29 is 4.79 Å². The van der Waals surface area contributed by atoms with Gasteiger partial charge in [-0.25, -0.2) is 0 Å². The zero-order chi connectivity index (χ0) is 14.6. The number of carbonyl (C=O) groups is 1. The first-order valence-corrected chi connectivity index (χ1v) is 9.42. The van der Waals surface area contributed by atoms with Crippen molar-refractivity contribution in [1.82, 2.24) is 5.32 Å². The second-order valence-corrected chi connectivity index (χ2v) is 8.00. The number of amides is 1. The van der Waals surface area contributed by atoms with Gasteiger partial charge in [-0.2, -0.15) is 11.8 Å². The number of hydrogen-bond acceptors (Lipinski definition) is 3. The number of nitrogens with two attached hydrogens (primary N) is 1. The summed E-state index contributed by atoms with van der Waals surface area (Å²) in [6, 6.07) is 0.372. The van der Waals surface area contributed by atoms with Crippen LogP contribution in [-0.4, -0.2) is 30.0 Å². The predicted molar refractivity (Wildman–Crippen MR) is 86.8 cm³/mol. The van der Waals surface area contributed by atoms with Crippen LogP contribution < -0.4 is 11.1 Å². The lowest BCUT2D eigenvalue weighted by molar-refractivity contribution is -0.133. The Bertz CT molecular complexity index is 326. The summed E-state index contributed by atoms with van der Waals surface area (Å²) in [5.41, 5.74) is 5.70. The molecule has 0 radical (unpaired) electrons. The van der Waals surface area contributed by atoms with E-state index in [1.807, 2.05) is 11.8 Å². The molecule has 20 heavy (non-hydrogen) atoms. The van der Waals surface area contributed by atoms with Gasteiger partial charge in [0.15, 0.2) is 0 Å². The minimum atomic E-state index is -0.279. The molecule has 2 fully saturated rings. The molecule has 0 aromatic carbocycles. The highest BCUT2D eigenvalue weighted by Crippen LogP contribution is 2.39. The van der Waals surface area contributed by atoms with Gasteiger partial charge in [0.1, 0.15) is 0 Å². The van der Waals surface area contributed by atoms with Gasteiger partial charge in [0.25, 0.3) is 0 Å². The molecule has 116 valence electrons.